The standard InChI is InChI=1S/C21H27N3O3/c1-24(2)13-5-12-22-20(25)17-6-4-7-18(14-17)21(26)23-15-16-8-10-19(27-3)11-9-16/h4,6-11,14H,5,12-13,15H2,1-3H3,(H,22,25)(H,23,26). The molecule has 0 fully saturated rings. The summed E-state index contributed by atoms with van der Waals surface area (Å²) in [6.45, 7) is 1.92. The number of nitrogens with one attached hydrogen (secondary N) is 2. The van der Waals surface area contributed by atoms with Crippen LogP contribution in [0.5, 0.6) is 5.75 Å². The van der Waals surface area contributed by atoms with Crippen LogP contribution in [0.15, 0.2) is 48.5 Å². The molecule has 27 heavy (non-hydrogen) atoms. The molecular weight excluding hydrogens is 342 g/mol. The molecule has 0 saturated carbocycles. The lowest BCUT2D eigenvalue weighted by atomic mass is 10.1. The zero-order valence-electron chi connectivity index (χ0n) is 16.1. The average Bonchev–Trinajstić information content (AvgIpc) is 2.69. The number of ether oxygens (including phenoxy) is 1. The van der Waals surface area contributed by atoms with Crippen molar-refractivity contribution < 1.29 is 14.3 Å². The van der Waals surface area contributed by atoms with Gasteiger partial charge < -0.3 is 20.3 Å². The van der Waals surface area contributed by atoms with Gasteiger partial charge in [0.05, 0.1) is 7.11 Å². The van der Waals surface area contributed by atoms with Gasteiger partial charge in [-0.15, -0.1) is 0 Å². The smallest absolute Gasteiger partial charge is 0.251 e. The van der Waals surface area contributed by atoms with Crippen LogP contribution in [0.3, 0.4) is 0 Å². The molecule has 0 aromatic heterocycles. The number of carbonyl (C=O) groups excluding carboxylic acids is 2. The van der Waals surface area contributed by atoms with Crippen LogP contribution in [-0.4, -0.2) is 51.0 Å². The Morgan fingerprint density at radius 2 is 1.59 bits per heavy atom. The second-order valence-corrected chi connectivity index (χ2v) is 6.52. The molecule has 0 saturated heterocycles. The van der Waals surface area contributed by atoms with Crippen LogP contribution in [0.4, 0.5) is 0 Å². The van der Waals surface area contributed by atoms with E-state index in [0.29, 0.717) is 24.2 Å². The van der Waals surface area contributed by atoms with Gasteiger partial charge in [0.15, 0.2) is 0 Å². The lowest BCUT2D eigenvalue weighted by Crippen LogP contribution is -2.28. The van der Waals surface area contributed by atoms with Gasteiger partial charge in [-0.25, -0.2) is 0 Å². The first kappa shape index (κ1) is 20.5. The molecule has 0 aliphatic carbocycles. The Hall–Kier alpha value is -2.86. The maximum atomic E-state index is 12.4. The number of hydrogen-bond donors (Lipinski definition) is 2. The van der Waals surface area contributed by atoms with Crippen LogP contribution in [0.25, 0.3) is 0 Å². The fraction of sp³-hybridized carbons (Fsp3) is 0.333. The lowest BCUT2D eigenvalue weighted by Gasteiger charge is -2.10. The summed E-state index contributed by atoms with van der Waals surface area (Å²) < 4.78 is 5.12. The maximum Gasteiger partial charge on any atom is 0.251 e. The SMILES string of the molecule is COc1ccc(CNC(=O)c2cccc(C(=O)NCCCN(C)C)c2)cc1. The summed E-state index contributed by atoms with van der Waals surface area (Å²) in [4.78, 5) is 26.7. The van der Waals surface area contributed by atoms with Gasteiger partial charge in [-0.2, -0.15) is 0 Å². The quantitative estimate of drug-likeness (QED) is 0.666. The lowest BCUT2D eigenvalue weighted by molar-refractivity contribution is 0.0950. The monoisotopic (exact) mass is 369 g/mol. The minimum atomic E-state index is -0.215. The van der Waals surface area contributed by atoms with Crippen molar-refractivity contribution in [2.75, 3.05) is 34.3 Å². The van der Waals surface area contributed by atoms with E-state index in [4.69, 9.17) is 4.74 Å². The van der Waals surface area contributed by atoms with Gasteiger partial charge in [0.2, 0.25) is 0 Å². The van der Waals surface area contributed by atoms with Gasteiger partial charge in [-0.05, 0) is 63.0 Å². The number of amides is 2. The third-order valence-corrected chi connectivity index (χ3v) is 4.07. The maximum absolute atomic E-state index is 12.4. The minimum absolute atomic E-state index is 0.168. The Kier molecular flexibility index (Phi) is 7.82. The molecule has 2 amide bonds. The molecular formula is C21H27N3O3. The van der Waals surface area contributed by atoms with Crippen molar-refractivity contribution >= 4 is 11.8 Å². The summed E-state index contributed by atoms with van der Waals surface area (Å²) in [7, 11) is 5.61. The van der Waals surface area contributed by atoms with Crippen LogP contribution in [0.1, 0.15) is 32.7 Å². The third-order valence-electron chi connectivity index (χ3n) is 4.07. The fourth-order valence-electron chi connectivity index (χ4n) is 2.53. The van der Waals surface area contributed by atoms with Crippen molar-refractivity contribution in [3.05, 3.63) is 65.2 Å². The number of carbonyl (C=O) groups is 2. The highest BCUT2D eigenvalue weighted by Gasteiger charge is 2.10. The van der Waals surface area contributed by atoms with Crippen LogP contribution in [-0.2, 0) is 6.54 Å². The number of methoxy groups -OCH3 is 1. The van der Waals surface area contributed by atoms with E-state index in [1.165, 1.54) is 0 Å². The van der Waals surface area contributed by atoms with Crippen molar-refractivity contribution in [3.8, 4) is 5.75 Å². The second kappa shape index (κ2) is 10.3. The Labute approximate surface area is 160 Å². The Morgan fingerprint density at radius 1 is 0.963 bits per heavy atom. The van der Waals surface area contributed by atoms with Gasteiger partial charge in [-0.3, -0.25) is 9.59 Å². The molecule has 2 aromatic carbocycles. The van der Waals surface area contributed by atoms with Gasteiger partial charge in [0.1, 0.15) is 5.75 Å². The summed E-state index contributed by atoms with van der Waals surface area (Å²) in [5.74, 6) is 0.390. The first-order valence-corrected chi connectivity index (χ1v) is 8.93. The molecule has 0 spiro atoms. The third kappa shape index (κ3) is 6.75. The Balaban J connectivity index is 1.89. The molecule has 0 bridgehead atoms. The van der Waals surface area contributed by atoms with Gasteiger partial charge >= 0.3 is 0 Å². The molecule has 6 nitrogen and oxygen atoms in total. The fourth-order valence-corrected chi connectivity index (χ4v) is 2.53. The molecule has 0 aliphatic rings. The zero-order valence-corrected chi connectivity index (χ0v) is 16.1. The van der Waals surface area contributed by atoms with E-state index in [1.807, 2.05) is 38.4 Å². The molecule has 144 valence electrons. The van der Waals surface area contributed by atoms with Gasteiger partial charge in [0.25, 0.3) is 11.8 Å². The molecule has 6 heteroatoms. The molecule has 0 heterocycles. The Bertz CT molecular complexity index is 758. The van der Waals surface area contributed by atoms with Crippen LogP contribution >= 0.6 is 0 Å². The molecule has 0 unspecified atom stereocenters. The van der Waals surface area contributed by atoms with E-state index in [0.717, 1.165) is 24.3 Å². The van der Waals surface area contributed by atoms with E-state index in [2.05, 4.69) is 15.5 Å². The highest BCUT2D eigenvalue weighted by molar-refractivity contribution is 5.99. The summed E-state index contributed by atoms with van der Waals surface area (Å²) >= 11 is 0. The molecule has 0 atom stereocenters. The molecule has 0 radical (unpaired) electrons. The van der Waals surface area contributed by atoms with Crippen molar-refractivity contribution in [1.82, 2.24) is 15.5 Å². The number of rotatable bonds is 9. The van der Waals surface area contributed by atoms with Crippen LogP contribution in [0, 0.1) is 0 Å². The average molecular weight is 369 g/mol. The zero-order chi connectivity index (χ0) is 19.6. The van der Waals surface area contributed by atoms with Crippen molar-refractivity contribution in [3.63, 3.8) is 0 Å². The van der Waals surface area contributed by atoms with Crippen LogP contribution in [0.2, 0.25) is 0 Å². The van der Waals surface area contributed by atoms with E-state index < -0.39 is 0 Å². The van der Waals surface area contributed by atoms with E-state index in [1.54, 1.807) is 31.4 Å². The summed E-state index contributed by atoms with van der Waals surface area (Å²) in [6, 6.07) is 14.2. The summed E-state index contributed by atoms with van der Waals surface area (Å²) in [5.41, 5.74) is 1.92. The van der Waals surface area contributed by atoms with Crippen molar-refractivity contribution in [1.29, 1.82) is 0 Å². The first-order valence-electron chi connectivity index (χ1n) is 8.93. The summed E-state index contributed by atoms with van der Waals surface area (Å²) in [5, 5.41) is 5.75. The number of hydrogen-bond acceptors (Lipinski definition) is 4. The summed E-state index contributed by atoms with van der Waals surface area (Å²) in [6.07, 6.45) is 0.876. The molecule has 2 aromatic rings. The second-order valence-electron chi connectivity index (χ2n) is 6.52. The topological polar surface area (TPSA) is 70.7 Å². The van der Waals surface area contributed by atoms with E-state index in [-0.39, 0.29) is 11.8 Å². The normalized spacial score (nSPS) is 10.5. The van der Waals surface area contributed by atoms with Crippen molar-refractivity contribution in [2.24, 2.45) is 0 Å². The van der Waals surface area contributed by atoms with E-state index >= 15 is 0 Å². The molecule has 0 aliphatic heterocycles. The van der Waals surface area contributed by atoms with E-state index in [9.17, 15) is 9.59 Å². The highest BCUT2D eigenvalue weighted by atomic mass is 16.5. The van der Waals surface area contributed by atoms with Gasteiger partial charge in [0, 0.05) is 24.2 Å². The largest absolute Gasteiger partial charge is 0.497 e. The first-order chi connectivity index (χ1) is 13.0. The Morgan fingerprint density at radius 3 is 2.19 bits per heavy atom. The van der Waals surface area contributed by atoms with Crippen molar-refractivity contribution in [2.45, 2.75) is 13.0 Å². The highest BCUT2D eigenvalue weighted by Crippen LogP contribution is 2.11. The number of nitrogens with zero attached hydrogens (tertiary/aromatic N) is 1. The predicted octanol–water partition coefficient (Wildman–Crippen LogP) is 2.31. The number of benzene rings is 2. The van der Waals surface area contributed by atoms with Crippen LogP contribution < -0.4 is 15.4 Å². The van der Waals surface area contributed by atoms with Gasteiger partial charge in [-0.1, -0.05) is 18.2 Å². The molecule has 2 N–H and O–H groups in total. The molecule has 2 rings (SSSR count). The minimum Gasteiger partial charge on any atom is -0.497 e. The predicted molar refractivity (Wildman–Crippen MR) is 106 cm³/mol.